The molecule has 1 aliphatic heterocycles. The third-order valence-electron chi connectivity index (χ3n) is 6.34. The Labute approximate surface area is 208 Å². The molecule has 1 aliphatic rings. The number of nitrogens with zero attached hydrogens (tertiary/aromatic N) is 2. The fourth-order valence-electron chi connectivity index (χ4n) is 4.51. The Morgan fingerprint density at radius 1 is 1.03 bits per heavy atom. The van der Waals surface area contributed by atoms with Gasteiger partial charge in [0, 0.05) is 48.4 Å². The van der Waals surface area contributed by atoms with Crippen molar-refractivity contribution in [2.45, 2.75) is 32.5 Å². The Morgan fingerprint density at radius 2 is 1.75 bits per heavy atom. The van der Waals surface area contributed by atoms with Crippen molar-refractivity contribution in [1.29, 1.82) is 0 Å². The summed E-state index contributed by atoms with van der Waals surface area (Å²) in [7, 11) is 0. The van der Waals surface area contributed by atoms with E-state index >= 15 is 0 Å². The second kappa shape index (κ2) is 10.3. The number of benzene rings is 3. The number of esters is 1. The van der Waals surface area contributed by atoms with Gasteiger partial charge in [0.25, 0.3) is 5.91 Å². The van der Waals surface area contributed by atoms with E-state index in [-0.39, 0.29) is 0 Å². The minimum absolute atomic E-state index is 0.400. The second-order valence-corrected chi connectivity index (χ2v) is 8.92. The molecule has 2 heterocycles. The first-order valence-corrected chi connectivity index (χ1v) is 11.9. The molecule has 1 aromatic heterocycles. The molecule has 6 nitrogen and oxygen atoms in total. The van der Waals surface area contributed by atoms with Crippen LogP contribution in [0.5, 0.6) is 0 Å². The zero-order valence-electron chi connectivity index (χ0n) is 19.9. The van der Waals surface area contributed by atoms with Crippen LogP contribution >= 0.6 is 0 Å². The van der Waals surface area contributed by atoms with Crippen LogP contribution < -0.4 is 5.32 Å². The van der Waals surface area contributed by atoms with Crippen LogP contribution in [0.3, 0.4) is 0 Å². The van der Waals surface area contributed by atoms with Crippen molar-refractivity contribution < 1.29 is 18.7 Å². The molecule has 1 atom stereocenters. The first-order chi connectivity index (χ1) is 17.5. The fourth-order valence-corrected chi connectivity index (χ4v) is 4.51. The lowest BCUT2D eigenvalue weighted by atomic mass is 9.95. The number of carbonyl (C=O) groups excluding carboxylic acids is 2. The van der Waals surface area contributed by atoms with Gasteiger partial charge < -0.3 is 10.1 Å². The maximum absolute atomic E-state index is 13.5. The number of fused-ring (bicyclic) bond motifs is 2. The van der Waals surface area contributed by atoms with Gasteiger partial charge >= 0.3 is 5.97 Å². The largest absolute Gasteiger partial charge is 0.449 e. The van der Waals surface area contributed by atoms with Crippen LogP contribution in [-0.2, 0) is 29.0 Å². The fraction of sp³-hybridized carbons (Fsp3) is 0.207. The lowest BCUT2D eigenvalue weighted by Gasteiger charge is -2.30. The van der Waals surface area contributed by atoms with Crippen LogP contribution in [0, 0.1) is 5.82 Å². The van der Waals surface area contributed by atoms with Crippen molar-refractivity contribution in [3.8, 4) is 0 Å². The number of para-hydroxylation sites is 1. The van der Waals surface area contributed by atoms with Crippen molar-refractivity contribution in [3.63, 3.8) is 0 Å². The lowest BCUT2D eigenvalue weighted by molar-refractivity contribution is -0.123. The molecule has 0 bridgehead atoms. The van der Waals surface area contributed by atoms with Crippen LogP contribution in [0.4, 0.5) is 10.1 Å². The lowest BCUT2D eigenvalue weighted by Crippen LogP contribution is -2.34. The predicted molar refractivity (Wildman–Crippen MR) is 136 cm³/mol. The molecule has 0 saturated heterocycles. The average Bonchev–Trinajstić information content (AvgIpc) is 2.89. The summed E-state index contributed by atoms with van der Waals surface area (Å²) in [4.78, 5) is 33.3. The molecule has 0 saturated carbocycles. The van der Waals surface area contributed by atoms with Gasteiger partial charge in [-0.3, -0.25) is 14.7 Å². The number of carbonyl (C=O) groups is 2. The number of ether oxygens (including phenoxy) is 1. The maximum Gasteiger partial charge on any atom is 0.339 e. The van der Waals surface area contributed by atoms with Crippen LogP contribution in [0.1, 0.15) is 34.1 Å². The number of aromatic nitrogens is 1. The summed E-state index contributed by atoms with van der Waals surface area (Å²) in [5.74, 6) is -1.45. The number of nitrogens with one attached hydrogen (secondary N) is 1. The number of hydrogen-bond acceptors (Lipinski definition) is 5. The van der Waals surface area contributed by atoms with E-state index in [1.165, 1.54) is 36.8 Å². The van der Waals surface area contributed by atoms with Gasteiger partial charge in [-0.25, -0.2) is 9.18 Å². The van der Waals surface area contributed by atoms with E-state index in [2.05, 4.69) is 22.3 Å². The van der Waals surface area contributed by atoms with Crippen molar-refractivity contribution in [3.05, 3.63) is 107 Å². The Morgan fingerprint density at radius 3 is 2.53 bits per heavy atom. The van der Waals surface area contributed by atoms with E-state index in [9.17, 15) is 14.0 Å². The number of hydrogen-bond donors (Lipinski definition) is 1. The van der Waals surface area contributed by atoms with Gasteiger partial charge in [0.2, 0.25) is 0 Å². The normalized spacial score (nSPS) is 14.2. The highest BCUT2D eigenvalue weighted by Gasteiger charge is 2.28. The number of halogens is 1. The summed E-state index contributed by atoms with van der Waals surface area (Å²) < 4.78 is 18.8. The van der Waals surface area contributed by atoms with Gasteiger partial charge in [0.05, 0.1) is 11.1 Å². The first-order valence-electron chi connectivity index (χ1n) is 11.9. The van der Waals surface area contributed by atoms with Gasteiger partial charge in [0.1, 0.15) is 5.82 Å². The van der Waals surface area contributed by atoms with Gasteiger partial charge in [-0.05, 0) is 42.8 Å². The molecule has 0 fully saturated rings. The van der Waals surface area contributed by atoms with E-state index < -0.39 is 23.8 Å². The van der Waals surface area contributed by atoms with Crippen molar-refractivity contribution in [2.24, 2.45) is 0 Å². The summed E-state index contributed by atoms with van der Waals surface area (Å²) in [5, 5.41) is 3.36. The molecule has 36 heavy (non-hydrogen) atoms. The molecule has 4 aromatic rings. The van der Waals surface area contributed by atoms with E-state index in [1.54, 1.807) is 0 Å². The highest BCUT2D eigenvalue weighted by Crippen LogP contribution is 2.30. The third-order valence-corrected chi connectivity index (χ3v) is 6.34. The summed E-state index contributed by atoms with van der Waals surface area (Å²) >= 11 is 0. The van der Waals surface area contributed by atoms with Gasteiger partial charge in [-0.15, -0.1) is 0 Å². The molecule has 0 radical (unpaired) electrons. The molecule has 0 aliphatic carbocycles. The maximum atomic E-state index is 13.5. The smallest absolute Gasteiger partial charge is 0.339 e. The van der Waals surface area contributed by atoms with E-state index in [1.807, 2.05) is 42.5 Å². The topological polar surface area (TPSA) is 71.5 Å². The number of rotatable bonds is 6. The highest BCUT2D eigenvalue weighted by atomic mass is 19.1. The Bertz CT molecular complexity index is 1410. The Hall–Kier alpha value is -4.10. The van der Waals surface area contributed by atoms with Crippen molar-refractivity contribution in [1.82, 2.24) is 9.88 Å². The van der Waals surface area contributed by atoms with Crippen LogP contribution in [0.25, 0.3) is 10.9 Å². The molecule has 0 spiro atoms. The SMILES string of the molecule is CC(OC(=O)c1c2c(nc3ccccc13)CCN(Cc1ccccc1)C2)C(=O)Nc1ccc(F)cc1. The Balaban J connectivity index is 1.40. The molecule has 1 N–H and O–H groups in total. The monoisotopic (exact) mass is 483 g/mol. The molecule has 3 aromatic carbocycles. The van der Waals surface area contributed by atoms with Crippen molar-refractivity contribution in [2.75, 3.05) is 11.9 Å². The predicted octanol–water partition coefficient (Wildman–Crippen LogP) is 5.12. The molecular weight excluding hydrogens is 457 g/mol. The summed E-state index contributed by atoms with van der Waals surface area (Å²) in [6.07, 6.45) is -0.331. The van der Waals surface area contributed by atoms with Gasteiger partial charge in [-0.1, -0.05) is 48.5 Å². The summed E-state index contributed by atoms with van der Waals surface area (Å²) in [5.41, 5.74) is 4.52. The third kappa shape index (κ3) is 5.11. The molecule has 182 valence electrons. The highest BCUT2D eigenvalue weighted by molar-refractivity contribution is 6.06. The number of anilines is 1. The van der Waals surface area contributed by atoms with Gasteiger partial charge in [0.15, 0.2) is 6.10 Å². The zero-order valence-corrected chi connectivity index (χ0v) is 19.9. The summed E-state index contributed by atoms with van der Waals surface area (Å²) in [6, 6.07) is 23.1. The van der Waals surface area contributed by atoms with Gasteiger partial charge in [-0.2, -0.15) is 0 Å². The molecule has 1 unspecified atom stereocenters. The van der Waals surface area contributed by atoms with E-state index in [0.29, 0.717) is 29.6 Å². The Kier molecular flexibility index (Phi) is 6.73. The first kappa shape index (κ1) is 23.6. The molecule has 5 rings (SSSR count). The molecule has 7 heteroatoms. The van der Waals surface area contributed by atoms with Crippen LogP contribution in [0.2, 0.25) is 0 Å². The molecular formula is C29H26FN3O3. The second-order valence-electron chi connectivity index (χ2n) is 8.92. The average molecular weight is 484 g/mol. The number of amides is 1. The molecule has 1 amide bonds. The van der Waals surface area contributed by atoms with Crippen LogP contribution in [-0.4, -0.2) is 34.4 Å². The standard InChI is InChI=1S/C29H26FN3O3/c1-19(28(34)31-22-13-11-21(30)12-14-22)36-29(35)27-23-9-5-6-10-25(23)32-26-15-16-33(18-24(26)27)17-20-7-3-2-4-8-20/h2-14,19H,15-18H2,1H3,(H,31,34). The quantitative estimate of drug-likeness (QED) is 0.386. The van der Waals surface area contributed by atoms with Crippen molar-refractivity contribution >= 4 is 28.5 Å². The zero-order chi connectivity index (χ0) is 25.1. The number of pyridine rings is 1. The van der Waals surface area contributed by atoms with E-state index in [4.69, 9.17) is 9.72 Å². The summed E-state index contributed by atoms with van der Waals surface area (Å²) in [6.45, 7) is 3.67. The minimum atomic E-state index is -1.05. The van der Waals surface area contributed by atoms with E-state index in [0.717, 1.165) is 29.9 Å². The van der Waals surface area contributed by atoms with Crippen LogP contribution in [0.15, 0.2) is 78.9 Å². The minimum Gasteiger partial charge on any atom is -0.449 e.